The maximum absolute atomic E-state index is 8.05. The van der Waals surface area contributed by atoms with Gasteiger partial charge in [-0.25, -0.2) is 0 Å². The van der Waals surface area contributed by atoms with Gasteiger partial charge in [-0.2, -0.15) is 0 Å². The van der Waals surface area contributed by atoms with Crippen LogP contribution in [0.5, 0.6) is 0 Å². The summed E-state index contributed by atoms with van der Waals surface area (Å²) in [6, 6.07) is 11.7. The van der Waals surface area contributed by atoms with Crippen LogP contribution < -0.4 is 0 Å². The average molecular weight is 304 g/mol. The summed E-state index contributed by atoms with van der Waals surface area (Å²) in [6.45, 7) is 0. The van der Waals surface area contributed by atoms with Gasteiger partial charge in [0.15, 0.2) is 0 Å². The van der Waals surface area contributed by atoms with Crippen LogP contribution in [0.15, 0.2) is 66.8 Å². The minimum atomic E-state index is 0.166. The van der Waals surface area contributed by atoms with E-state index in [-0.39, 0.29) is 6.04 Å². The number of allylic oxidation sites excluding steroid dienone is 3. The van der Waals surface area contributed by atoms with Gasteiger partial charge in [0.05, 0.1) is 0 Å². The molecule has 2 nitrogen and oxygen atoms in total. The van der Waals surface area contributed by atoms with Gasteiger partial charge in [-0.05, 0) is 30.7 Å². The second-order valence-corrected chi connectivity index (χ2v) is 6.87. The lowest BCUT2D eigenvalue weighted by Gasteiger charge is -2.35. The van der Waals surface area contributed by atoms with Crippen molar-refractivity contribution < 1.29 is 0 Å². The molecule has 1 heterocycles. The molecule has 0 bridgehead atoms. The van der Waals surface area contributed by atoms with Gasteiger partial charge in [-0.3, -0.25) is 4.90 Å². The van der Waals surface area contributed by atoms with E-state index in [9.17, 15) is 0 Å². The first-order valence-electron chi connectivity index (χ1n) is 8.72. The number of nitrogens with zero attached hydrogens (tertiary/aromatic N) is 1. The van der Waals surface area contributed by atoms with Gasteiger partial charge >= 0.3 is 0 Å². The Morgan fingerprint density at radius 2 is 1.91 bits per heavy atom. The minimum absolute atomic E-state index is 0.166. The Morgan fingerprint density at radius 3 is 2.74 bits per heavy atom. The molecule has 1 saturated heterocycles. The highest BCUT2D eigenvalue weighted by Crippen LogP contribution is 2.44. The van der Waals surface area contributed by atoms with Crippen molar-refractivity contribution in [3.63, 3.8) is 0 Å². The summed E-state index contributed by atoms with van der Waals surface area (Å²) >= 11 is 0. The van der Waals surface area contributed by atoms with Gasteiger partial charge in [-0.1, -0.05) is 66.8 Å². The zero-order chi connectivity index (χ0) is 15.6. The van der Waals surface area contributed by atoms with Crippen LogP contribution in [0.25, 0.3) is 0 Å². The topological polar surface area (TPSA) is 27.1 Å². The number of benzene rings is 1. The number of rotatable bonds is 4. The Hall–Kier alpha value is -1.93. The van der Waals surface area contributed by atoms with Gasteiger partial charge in [0.1, 0.15) is 0 Å². The molecule has 3 aliphatic rings. The van der Waals surface area contributed by atoms with Crippen molar-refractivity contribution >= 4 is 6.21 Å². The molecule has 2 heteroatoms. The molecule has 1 aromatic rings. The van der Waals surface area contributed by atoms with Crippen molar-refractivity contribution in [3.05, 3.63) is 72.4 Å². The summed E-state index contributed by atoms with van der Waals surface area (Å²) in [5, 5.41) is 8.05. The first-order valence-corrected chi connectivity index (χ1v) is 8.72. The largest absolute Gasteiger partial charge is 0.311 e. The van der Waals surface area contributed by atoms with Crippen LogP contribution in [0, 0.1) is 17.2 Å². The van der Waals surface area contributed by atoms with Crippen molar-refractivity contribution in [2.45, 2.75) is 37.4 Å². The van der Waals surface area contributed by atoms with Gasteiger partial charge in [0.2, 0.25) is 0 Å². The lowest BCUT2D eigenvalue weighted by molar-refractivity contribution is 0.198. The molecule has 0 radical (unpaired) electrons. The lowest BCUT2D eigenvalue weighted by Crippen LogP contribution is -2.46. The molecule has 0 spiro atoms. The zero-order valence-corrected chi connectivity index (χ0v) is 13.4. The van der Waals surface area contributed by atoms with E-state index >= 15 is 0 Å². The first-order chi connectivity index (χ1) is 11.4. The van der Waals surface area contributed by atoms with Gasteiger partial charge < -0.3 is 5.41 Å². The summed E-state index contributed by atoms with van der Waals surface area (Å²) in [4.78, 5) is 2.59. The molecule has 1 N–H and O–H groups in total. The van der Waals surface area contributed by atoms with Gasteiger partial charge in [-0.15, -0.1) is 0 Å². The number of nitrogens with one attached hydrogen (secondary N) is 1. The van der Waals surface area contributed by atoms with Crippen LogP contribution in [0.4, 0.5) is 0 Å². The van der Waals surface area contributed by atoms with E-state index in [0.717, 1.165) is 6.42 Å². The van der Waals surface area contributed by atoms with Crippen molar-refractivity contribution in [1.29, 1.82) is 5.41 Å². The minimum Gasteiger partial charge on any atom is -0.311 e. The maximum Gasteiger partial charge on any atom is 0.0496 e. The van der Waals surface area contributed by atoms with Crippen LogP contribution in [0.1, 0.15) is 18.4 Å². The molecule has 0 saturated carbocycles. The highest BCUT2D eigenvalue weighted by atomic mass is 15.2. The SMILES string of the molecule is N=CC(Cc1ccccc1)N1C2C=CC=CC2C2CCC=CC21. The quantitative estimate of drug-likeness (QED) is 0.660. The summed E-state index contributed by atoms with van der Waals surface area (Å²) in [7, 11) is 0. The zero-order valence-electron chi connectivity index (χ0n) is 13.4. The van der Waals surface area contributed by atoms with Crippen molar-refractivity contribution in [1.82, 2.24) is 4.90 Å². The van der Waals surface area contributed by atoms with Crippen LogP contribution in [0.2, 0.25) is 0 Å². The summed E-state index contributed by atoms with van der Waals surface area (Å²) in [6.07, 6.45) is 18.9. The number of hydrogen-bond acceptors (Lipinski definition) is 2. The first kappa shape index (κ1) is 14.6. The molecule has 1 aliphatic heterocycles. The van der Waals surface area contributed by atoms with Crippen LogP contribution in [-0.2, 0) is 6.42 Å². The second kappa shape index (κ2) is 6.29. The molecule has 5 atom stereocenters. The van der Waals surface area contributed by atoms with Crippen molar-refractivity contribution in [3.8, 4) is 0 Å². The van der Waals surface area contributed by atoms with E-state index in [1.165, 1.54) is 18.4 Å². The fourth-order valence-corrected chi connectivity index (χ4v) is 4.63. The van der Waals surface area contributed by atoms with Crippen LogP contribution >= 0.6 is 0 Å². The molecule has 0 amide bonds. The second-order valence-electron chi connectivity index (χ2n) is 6.87. The highest BCUT2D eigenvalue weighted by Gasteiger charge is 2.48. The third-order valence-electron chi connectivity index (χ3n) is 5.63. The molecule has 118 valence electrons. The molecule has 5 unspecified atom stereocenters. The number of hydrogen-bond donors (Lipinski definition) is 1. The Labute approximate surface area is 138 Å². The fraction of sp³-hybridized carbons (Fsp3) is 0.381. The molecule has 0 aromatic heterocycles. The molecular formula is C21H24N2. The molecular weight excluding hydrogens is 280 g/mol. The molecule has 1 aromatic carbocycles. The van der Waals surface area contributed by atoms with Gasteiger partial charge in [0.25, 0.3) is 0 Å². The van der Waals surface area contributed by atoms with E-state index in [4.69, 9.17) is 5.41 Å². The smallest absolute Gasteiger partial charge is 0.0496 e. The third kappa shape index (κ3) is 2.61. The summed E-state index contributed by atoms with van der Waals surface area (Å²) in [5.41, 5.74) is 1.32. The standard InChI is InChI=1S/C21H24N2/c22-15-17(14-16-8-2-1-3-9-16)23-20-12-6-4-10-18(20)19-11-5-7-13-21(19)23/h1-4,6-10,12-13,15,17-22H,5,11,14H2. The van der Waals surface area contributed by atoms with Crippen LogP contribution in [-0.4, -0.2) is 29.2 Å². The molecule has 4 rings (SSSR count). The van der Waals surface area contributed by atoms with E-state index in [1.54, 1.807) is 6.21 Å². The Bertz CT molecular complexity index is 643. The number of likely N-dealkylation sites (tertiary alicyclic amines) is 1. The summed E-state index contributed by atoms with van der Waals surface area (Å²) < 4.78 is 0. The molecule has 1 fully saturated rings. The monoisotopic (exact) mass is 304 g/mol. The highest BCUT2D eigenvalue weighted by molar-refractivity contribution is 5.62. The predicted octanol–water partition coefficient (Wildman–Crippen LogP) is 4.01. The van der Waals surface area contributed by atoms with Crippen LogP contribution in [0.3, 0.4) is 0 Å². The normalized spacial score (nSPS) is 33.2. The number of fused-ring (bicyclic) bond motifs is 3. The molecule has 23 heavy (non-hydrogen) atoms. The molecule has 2 aliphatic carbocycles. The van der Waals surface area contributed by atoms with Crippen molar-refractivity contribution in [2.75, 3.05) is 0 Å². The van der Waals surface area contributed by atoms with E-state index in [1.807, 2.05) is 0 Å². The Kier molecular flexibility index (Phi) is 4.00. The Balaban J connectivity index is 1.65. The van der Waals surface area contributed by atoms with Crippen molar-refractivity contribution in [2.24, 2.45) is 11.8 Å². The Morgan fingerprint density at radius 1 is 1.09 bits per heavy atom. The lowest BCUT2D eigenvalue weighted by atomic mass is 9.80. The van der Waals surface area contributed by atoms with E-state index in [0.29, 0.717) is 23.9 Å². The summed E-state index contributed by atoms with van der Waals surface area (Å²) in [5.74, 6) is 1.30. The third-order valence-corrected chi connectivity index (χ3v) is 5.63. The van der Waals surface area contributed by atoms with E-state index < -0.39 is 0 Å². The fourth-order valence-electron chi connectivity index (χ4n) is 4.63. The predicted molar refractivity (Wildman–Crippen MR) is 95.8 cm³/mol. The maximum atomic E-state index is 8.05. The van der Waals surface area contributed by atoms with E-state index in [2.05, 4.69) is 71.7 Å². The van der Waals surface area contributed by atoms with Gasteiger partial charge in [0, 0.05) is 30.3 Å². The average Bonchev–Trinajstić information content (AvgIpc) is 2.95.